The van der Waals surface area contributed by atoms with Gasteiger partial charge in [0.2, 0.25) is 0 Å². The van der Waals surface area contributed by atoms with Crippen LogP contribution in [0.5, 0.6) is 0 Å². The molecular weight excluding hydrogens is 293 g/mol. The predicted octanol–water partition coefficient (Wildman–Crippen LogP) is 4.55. The van der Waals surface area contributed by atoms with Gasteiger partial charge >= 0.3 is 0 Å². The molecular formula is C14H10Cl2F2O. The van der Waals surface area contributed by atoms with Crippen molar-refractivity contribution in [2.24, 2.45) is 0 Å². The van der Waals surface area contributed by atoms with Gasteiger partial charge in [-0.25, -0.2) is 8.78 Å². The summed E-state index contributed by atoms with van der Waals surface area (Å²) in [5.74, 6) is -1.86. The summed E-state index contributed by atoms with van der Waals surface area (Å²) in [6.45, 7) is 0. The van der Waals surface area contributed by atoms with Gasteiger partial charge in [0.05, 0.1) is 6.10 Å². The van der Waals surface area contributed by atoms with Crippen molar-refractivity contribution in [1.29, 1.82) is 0 Å². The zero-order valence-electron chi connectivity index (χ0n) is 9.71. The van der Waals surface area contributed by atoms with Crippen LogP contribution in [0.25, 0.3) is 0 Å². The fourth-order valence-corrected chi connectivity index (χ4v) is 2.19. The van der Waals surface area contributed by atoms with E-state index in [0.717, 1.165) is 12.1 Å². The van der Waals surface area contributed by atoms with Crippen LogP contribution < -0.4 is 0 Å². The second-order valence-corrected chi connectivity index (χ2v) is 4.98. The van der Waals surface area contributed by atoms with Gasteiger partial charge in [-0.05, 0) is 35.9 Å². The van der Waals surface area contributed by atoms with Gasteiger partial charge in [0, 0.05) is 22.0 Å². The van der Waals surface area contributed by atoms with E-state index in [2.05, 4.69) is 0 Å². The molecule has 0 aliphatic heterocycles. The Kier molecular flexibility index (Phi) is 4.40. The van der Waals surface area contributed by atoms with E-state index in [9.17, 15) is 13.9 Å². The highest BCUT2D eigenvalue weighted by molar-refractivity contribution is 6.33. The molecule has 1 N–H and O–H groups in total. The molecule has 0 aliphatic rings. The van der Waals surface area contributed by atoms with E-state index >= 15 is 0 Å². The minimum atomic E-state index is -0.943. The summed E-state index contributed by atoms with van der Waals surface area (Å²) >= 11 is 11.8. The average molecular weight is 303 g/mol. The molecule has 1 nitrogen and oxygen atoms in total. The van der Waals surface area contributed by atoms with Gasteiger partial charge in [0.15, 0.2) is 11.6 Å². The van der Waals surface area contributed by atoms with Gasteiger partial charge in [-0.15, -0.1) is 0 Å². The highest BCUT2D eigenvalue weighted by Gasteiger charge is 2.14. The molecule has 5 heteroatoms. The standard InChI is InChI=1S/C14H10Cl2F2O/c15-9-2-3-11(16)10(7-9)14(19)6-8-1-4-12(17)13(18)5-8/h1-5,7,14,19H,6H2. The number of aliphatic hydroxyl groups is 1. The van der Waals surface area contributed by atoms with Gasteiger partial charge < -0.3 is 5.11 Å². The van der Waals surface area contributed by atoms with Crippen molar-refractivity contribution in [3.8, 4) is 0 Å². The van der Waals surface area contributed by atoms with Crippen LogP contribution in [0.1, 0.15) is 17.2 Å². The summed E-state index contributed by atoms with van der Waals surface area (Å²) in [6.07, 6.45) is -0.812. The second kappa shape index (κ2) is 5.87. The Balaban J connectivity index is 2.22. The third kappa shape index (κ3) is 3.44. The Bertz CT molecular complexity index is 602. The zero-order valence-corrected chi connectivity index (χ0v) is 11.2. The first kappa shape index (κ1) is 14.3. The summed E-state index contributed by atoms with van der Waals surface area (Å²) in [5.41, 5.74) is 0.932. The Morgan fingerprint density at radius 1 is 1.00 bits per heavy atom. The van der Waals surface area contributed by atoms with E-state index in [-0.39, 0.29) is 6.42 Å². The number of benzene rings is 2. The molecule has 2 rings (SSSR count). The van der Waals surface area contributed by atoms with Gasteiger partial charge in [-0.2, -0.15) is 0 Å². The Morgan fingerprint density at radius 2 is 1.74 bits per heavy atom. The van der Waals surface area contributed by atoms with Gasteiger partial charge in [-0.3, -0.25) is 0 Å². The number of halogens is 4. The molecule has 2 aromatic carbocycles. The van der Waals surface area contributed by atoms with Crippen LogP contribution >= 0.6 is 23.2 Å². The Hall–Kier alpha value is -1.16. The lowest BCUT2D eigenvalue weighted by atomic mass is 10.0. The number of hydrogen-bond donors (Lipinski definition) is 1. The molecule has 0 aromatic heterocycles. The van der Waals surface area contributed by atoms with Crippen LogP contribution in [0, 0.1) is 11.6 Å². The van der Waals surface area contributed by atoms with Crippen LogP contribution in [0.15, 0.2) is 36.4 Å². The molecule has 0 saturated heterocycles. The van der Waals surface area contributed by atoms with Crippen molar-refractivity contribution in [3.63, 3.8) is 0 Å². The molecule has 100 valence electrons. The van der Waals surface area contributed by atoms with Crippen LogP contribution in [0.4, 0.5) is 8.78 Å². The van der Waals surface area contributed by atoms with E-state index in [4.69, 9.17) is 23.2 Å². The van der Waals surface area contributed by atoms with Crippen molar-refractivity contribution in [2.75, 3.05) is 0 Å². The topological polar surface area (TPSA) is 20.2 Å². The molecule has 0 amide bonds. The molecule has 1 unspecified atom stereocenters. The molecule has 0 aliphatic carbocycles. The summed E-state index contributed by atoms with van der Waals surface area (Å²) in [7, 11) is 0. The molecule has 2 aromatic rings. The lowest BCUT2D eigenvalue weighted by Gasteiger charge is -2.13. The molecule has 19 heavy (non-hydrogen) atoms. The molecule has 0 heterocycles. The SMILES string of the molecule is OC(Cc1ccc(F)c(F)c1)c1cc(Cl)ccc1Cl. The number of hydrogen-bond acceptors (Lipinski definition) is 1. The van der Waals surface area contributed by atoms with Crippen molar-refractivity contribution in [2.45, 2.75) is 12.5 Å². The van der Waals surface area contributed by atoms with Gasteiger partial charge in [-0.1, -0.05) is 29.3 Å². The maximum atomic E-state index is 13.1. The minimum Gasteiger partial charge on any atom is -0.388 e. The molecule has 0 radical (unpaired) electrons. The third-order valence-electron chi connectivity index (χ3n) is 2.73. The summed E-state index contributed by atoms with van der Waals surface area (Å²) < 4.78 is 25.9. The fourth-order valence-electron chi connectivity index (χ4n) is 1.77. The predicted molar refractivity (Wildman–Crippen MR) is 71.5 cm³/mol. The van der Waals surface area contributed by atoms with E-state index < -0.39 is 17.7 Å². The smallest absolute Gasteiger partial charge is 0.159 e. The highest BCUT2D eigenvalue weighted by atomic mass is 35.5. The van der Waals surface area contributed by atoms with Crippen molar-refractivity contribution in [3.05, 3.63) is 69.2 Å². The van der Waals surface area contributed by atoms with Crippen LogP contribution in [0.3, 0.4) is 0 Å². The summed E-state index contributed by atoms with van der Waals surface area (Å²) in [6, 6.07) is 8.23. The minimum absolute atomic E-state index is 0.122. The van der Waals surface area contributed by atoms with E-state index in [1.54, 1.807) is 18.2 Å². The van der Waals surface area contributed by atoms with Crippen LogP contribution in [0.2, 0.25) is 10.0 Å². The van der Waals surface area contributed by atoms with Crippen molar-refractivity contribution < 1.29 is 13.9 Å². The first-order chi connectivity index (χ1) is 8.97. The maximum Gasteiger partial charge on any atom is 0.159 e. The first-order valence-electron chi connectivity index (χ1n) is 5.54. The highest BCUT2D eigenvalue weighted by Crippen LogP contribution is 2.28. The zero-order chi connectivity index (χ0) is 14.0. The molecule has 0 saturated carbocycles. The average Bonchev–Trinajstić information content (AvgIpc) is 2.36. The third-order valence-corrected chi connectivity index (χ3v) is 3.31. The van der Waals surface area contributed by atoms with E-state index in [0.29, 0.717) is 21.2 Å². The number of rotatable bonds is 3. The Morgan fingerprint density at radius 3 is 2.42 bits per heavy atom. The lowest BCUT2D eigenvalue weighted by Crippen LogP contribution is -2.03. The lowest BCUT2D eigenvalue weighted by molar-refractivity contribution is 0.178. The van der Waals surface area contributed by atoms with Gasteiger partial charge in [0.1, 0.15) is 0 Å². The first-order valence-corrected chi connectivity index (χ1v) is 6.30. The second-order valence-electron chi connectivity index (χ2n) is 4.13. The number of aliphatic hydroxyl groups excluding tert-OH is 1. The molecule has 0 fully saturated rings. The van der Waals surface area contributed by atoms with E-state index in [1.807, 2.05) is 0 Å². The molecule has 1 atom stereocenters. The van der Waals surface area contributed by atoms with Crippen molar-refractivity contribution in [1.82, 2.24) is 0 Å². The van der Waals surface area contributed by atoms with Crippen molar-refractivity contribution >= 4 is 23.2 Å². The van der Waals surface area contributed by atoms with E-state index in [1.165, 1.54) is 6.07 Å². The molecule has 0 spiro atoms. The van der Waals surface area contributed by atoms with Crippen LogP contribution in [-0.4, -0.2) is 5.11 Å². The monoisotopic (exact) mass is 302 g/mol. The maximum absolute atomic E-state index is 13.1. The summed E-state index contributed by atoms with van der Waals surface area (Å²) in [5, 5.41) is 10.9. The summed E-state index contributed by atoms with van der Waals surface area (Å²) in [4.78, 5) is 0. The largest absolute Gasteiger partial charge is 0.388 e. The normalized spacial score (nSPS) is 12.5. The quantitative estimate of drug-likeness (QED) is 0.882. The van der Waals surface area contributed by atoms with Gasteiger partial charge in [0.25, 0.3) is 0 Å². The Labute approximate surface area is 119 Å². The fraction of sp³-hybridized carbons (Fsp3) is 0.143. The molecule has 0 bridgehead atoms. The van der Waals surface area contributed by atoms with Crippen LogP contribution in [-0.2, 0) is 6.42 Å².